The quantitative estimate of drug-likeness (QED) is 0.279. The maximum atomic E-state index is 5.04. The Morgan fingerprint density at radius 2 is 0.559 bits per heavy atom. The Morgan fingerprint density at radius 3 is 0.941 bits per heavy atom. The molecule has 1 heterocycles. The van der Waals surface area contributed by atoms with Gasteiger partial charge >= 0.3 is 0 Å². The fraction of sp³-hybridized carbons (Fsp3) is 0. The molecule has 0 aliphatic carbocycles. The normalized spacial score (nSPS) is 10.9. The van der Waals surface area contributed by atoms with Crippen LogP contribution in [0.3, 0.4) is 0 Å². The van der Waals surface area contributed by atoms with E-state index in [1.165, 1.54) is 22.3 Å². The molecule has 2 heteroatoms. The van der Waals surface area contributed by atoms with Crippen molar-refractivity contribution >= 4 is 11.0 Å². The lowest BCUT2D eigenvalue weighted by atomic mass is 9.98. The van der Waals surface area contributed by atoms with Crippen LogP contribution in [0, 0.1) is 0 Å². The molecule has 0 radical (unpaired) electrons. The van der Waals surface area contributed by atoms with E-state index in [1.807, 2.05) is 36.4 Å². The molecule has 0 fully saturated rings. The van der Waals surface area contributed by atoms with Crippen molar-refractivity contribution in [1.82, 2.24) is 9.97 Å². The van der Waals surface area contributed by atoms with E-state index < -0.39 is 0 Å². The molecule has 0 spiro atoms. The second-order valence-electron chi connectivity index (χ2n) is 8.30. The molecule has 0 bridgehead atoms. The lowest BCUT2D eigenvalue weighted by Gasteiger charge is -2.12. The van der Waals surface area contributed by atoms with Crippen LogP contribution in [0.2, 0.25) is 0 Å². The van der Waals surface area contributed by atoms with Gasteiger partial charge in [0.2, 0.25) is 0 Å². The number of para-hydroxylation sites is 2. The summed E-state index contributed by atoms with van der Waals surface area (Å²) in [7, 11) is 0. The van der Waals surface area contributed by atoms with Crippen molar-refractivity contribution in [1.29, 1.82) is 0 Å². The van der Waals surface area contributed by atoms with E-state index in [9.17, 15) is 0 Å². The topological polar surface area (TPSA) is 25.8 Å². The summed E-state index contributed by atoms with van der Waals surface area (Å²) in [6.45, 7) is 0. The Bertz CT molecular complexity index is 1430. The summed E-state index contributed by atoms with van der Waals surface area (Å²) in [4.78, 5) is 10.1. The third kappa shape index (κ3) is 3.87. The van der Waals surface area contributed by atoms with E-state index in [1.54, 1.807) is 0 Å². The first-order valence-corrected chi connectivity index (χ1v) is 11.4. The first kappa shape index (κ1) is 20.1. The van der Waals surface area contributed by atoms with Crippen LogP contribution in [0.25, 0.3) is 55.8 Å². The zero-order valence-corrected chi connectivity index (χ0v) is 18.6. The molecule has 1 aromatic heterocycles. The van der Waals surface area contributed by atoms with Gasteiger partial charge in [-0.3, -0.25) is 0 Å². The maximum absolute atomic E-state index is 5.04. The van der Waals surface area contributed by atoms with Gasteiger partial charge in [-0.15, -0.1) is 0 Å². The monoisotopic (exact) mass is 434 g/mol. The Balaban J connectivity index is 1.46. The highest BCUT2D eigenvalue weighted by atomic mass is 14.8. The third-order valence-electron chi connectivity index (χ3n) is 6.10. The predicted octanol–water partition coefficient (Wildman–Crippen LogP) is 8.30. The van der Waals surface area contributed by atoms with Gasteiger partial charge < -0.3 is 0 Å². The summed E-state index contributed by atoms with van der Waals surface area (Å²) >= 11 is 0. The van der Waals surface area contributed by atoms with Gasteiger partial charge in [-0.2, -0.15) is 0 Å². The summed E-state index contributed by atoms with van der Waals surface area (Å²) in [5.74, 6) is 0. The molecular formula is C32H22N2. The molecule has 6 aromatic rings. The van der Waals surface area contributed by atoms with Crippen molar-refractivity contribution < 1.29 is 0 Å². The van der Waals surface area contributed by atoms with Crippen LogP contribution in [-0.4, -0.2) is 9.97 Å². The first-order valence-electron chi connectivity index (χ1n) is 11.4. The first-order chi connectivity index (χ1) is 16.8. The average molecular weight is 435 g/mol. The lowest BCUT2D eigenvalue weighted by molar-refractivity contribution is 1.29. The lowest BCUT2D eigenvalue weighted by Crippen LogP contribution is -1.95. The largest absolute Gasteiger partial charge is 0.244 e. The van der Waals surface area contributed by atoms with E-state index in [4.69, 9.17) is 9.97 Å². The minimum absolute atomic E-state index is 0.894. The molecule has 2 nitrogen and oxygen atoms in total. The van der Waals surface area contributed by atoms with Crippen molar-refractivity contribution in [2.24, 2.45) is 0 Å². The number of hydrogen-bond donors (Lipinski definition) is 0. The number of fused-ring (bicyclic) bond motifs is 1. The van der Waals surface area contributed by atoms with Gasteiger partial charge in [0.25, 0.3) is 0 Å². The number of rotatable bonds is 4. The highest BCUT2D eigenvalue weighted by Gasteiger charge is 2.14. The second-order valence-corrected chi connectivity index (χ2v) is 8.30. The zero-order valence-electron chi connectivity index (χ0n) is 18.6. The molecule has 5 aromatic carbocycles. The van der Waals surface area contributed by atoms with Crippen molar-refractivity contribution in [3.63, 3.8) is 0 Å². The van der Waals surface area contributed by atoms with Gasteiger partial charge in [0, 0.05) is 11.1 Å². The van der Waals surface area contributed by atoms with E-state index in [2.05, 4.69) is 97.1 Å². The third-order valence-corrected chi connectivity index (χ3v) is 6.10. The van der Waals surface area contributed by atoms with Crippen LogP contribution in [0.5, 0.6) is 0 Å². The average Bonchev–Trinajstić information content (AvgIpc) is 2.93. The van der Waals surface area contributed by atoms with E-state index in [0.29, 0.717) is 0 Å². The van der Waals surface area contributed by atoms with Crippen molar-refractivity contribution in [3.05, 3.63) is 133 Å². The molecule has 0 atom stereocenters. The number of nitrogens with zero attached hydrogens (tertiary/aromatic N) is 2. The minimum atomic E-state index is 0.894. The SMILES string of the molecule is c1ccc(-c2ccc(-c3nc4ccccc4nc3-c3ccc(-c4ccccc4)cc3)cc2)cc1. The molecule has 0 amide bonds. The summed E-state index contributed by atoms with van der Waals surface area (Å²) < 4.78 is 0. The second kappa shape index (κ2) is 8.76. The summed E-state index contributed by atoms with van der Waals surface area (Å²) in [5.41, 5.74) is 10.5. The van der Waals surface area contributed by atoms with Gasteiger partial charge in [-0.25, -0.2) is 9.97 Å². The number of benzene rings is 5. The Hall–Kier alpha value is -4.56. The van der Waals surface area contributed by atoms with Crippen molar-refractivity contribution in [3.8, 4) is 44.8 Å². The van der Waals surface area contributed by atoms with Crippen LogP contribution in [0.15, 0.2) is 133 Å². The minimum Gasteiger partial charge on any atom is -0.244 e. The van der Waals surface area contributed by atoms with Crippen LogP contribution >= 0.6 is 0 Å². The van der Waals surface area contributed by atoms with Crippen LogP contribution in [0.1, 0.15) is 0 Å². The van der Waals surface area contributed by atoms with Gasteiger partial charge in [0.1, 0.15) is 0 Å². The standard InChI is InChI=1S/C32H22N2/c1-3-9-23(10-4-1)25-15-19-27(20-16-25)31-32(34-30-14-8-7-13-29(30)33-31)28-21-17-26(18-22-28)24-11-5-2-6-12-24/h1-22H. The molecule has 0 unspecified atom stereocenters. The summed E-state index contributed by atoms with van der Waals surface area (Å²) in [6, 6.07) is 46.1. The highest BCUT2D eigenvalue weighted by Crippen LogP contribution is 2.33. The fourth-order valence-electron chi connectivity index (χ4n) is 4.30. The molecule has 0 aliphatic rings. The molecular weight excluding hydrogens is 412 g/mol. The highest BCUT2D eigenvalue weighted by molar-refractivity contribution is 5.87. The van der Waals surface area contributed by atoms with Gasteiger partial charge in [-0.05, 0) is 34.4 Å². The fourth-order valence-corrected chi connectivity index (χ4v) is 4.30. The molecule has 34 heavy (non-hydrogen) atoms. The smallest absolute Gasteiger partial charge is 0.0973 e. The van der Waals surface area contributed by atoms with E-state index in [-0.39, 0.29) is 0 Å². The Morgan fingerprint density at radius 1 is 0.265 bits per heavy atom. The molecule has 6 rings (SSSR count). The van der Waals surface area contributed by atoms with Crippen LogP contribution in [-0.2, 0) is 0 Å². The van der Waals surface area contributed by atoms with Crippen molar-refractivity contribution in [2.75, 3.05) is 0 Å². The van der Waals surface area contributed by atoms with Crippen molar-refractivity contribution in [2.45, 2.75) is 0 Å². The molecule has 160 valence electrons. The Kier molecular flexibility index (Phi) is 5.17. The predicted molar refractivity (Wildman–Crippen MR) is 141 cm³/mol. The molecule has 0 N–H and O–H groups in total. The van der Waals surface area contributed by atoms with Gasteiger partial charge in [0.05, 0.1) is 22.4 Å². The van der Waals surface area contributed by atoms with Gasteiger partial charge in [-0.1, -0.05) is 121 Å². The number of aromatic nitrogens is 2. The van der Waals surface area contributed by atoms with E-state index in [0.717, 1.165) is 33.5 Å². The van der Waals surface area contributed by atoms with Crippen LogP contribution in [0.4, 0.5) is 0 Å². The molecule has 0 saturated carbocycles. The summed E-state index contributed by atoms with van der Waals surface area (Å²) in [6.07, 6.45) is 0. The van der Waals surface area contributed by atoms with Gasteiger partial charge in [0.15, 0.2) is 0 Å². The van der Waals surface area contributed by atoms with Crippen LogP contribution < -0.4 is 0 Å². The molecule has 0 saturated heterocycles. The summed E-state index contributed by atoms with van der Waals surface area (Å²) in [5, 5.41) is 0. The number of hydrogen-bond acceptors (Lipinski definition) is 2. The Labute approximate surface area is 199 Å². The zero-order chi connectivity index (χ0) is 22.7. The van der Waals surface area contributed by atoms with E-state index >= 15 is 0 Å². The molecule has 0 aliphatic heterocycles. The maximum Gasteiger partial charge on any atom is 0.0973 e.